The van der Waals surface area contributed by atoms with E-state index in [1.165, 1.54) is 0 Å². The lowest BCUT2D eigenvalue weighted by molar-refractivity contribution is 0.198. The van der Waals surface area contributed by atoms with Crippen LogP contribution in [0.1, 0.15) is 20.3 Å². The van der Waals surface area contributed by atoms with Gasteiger partial charge in [0.1, 0.15) is 5.25 Å². The Morgan fingerprint density at radius 2 is 2.18 bits per heavy atom. The predicted molar refractivity (Wildman–Crippen MR) is 66.3 cm³/mol. The van der Waals surface area contributed by atoms with E-state index in [0.29, 0.717) is 25.6 Å². The van der Waals surface area contributed by atoms with Crippen molar-refractivity contribution < 1.29 is 13.2 Å². The van der Waals surface area contributed by atoms with E-state index >= 15 is 0 Å². The highest BCUT2D eigenvalue weighted by Crippen LogP contribution is 2.19. The number of hydrogen-bond acceptors (Lipinski definition) is 4. The van der Waals surface area contributed by atoms with E-state index in [4.69, 9.17) is 4.74 Å². The van der Waals surface area contributed by atoms with Gasteiger partial charge in [-0.15, -0.1) is 0 Å². The number of sulfonamides is 1. The Balaban J connectivity index is 1.96. The molecule has 0 unspecified atom stereocenters. The number of rotatable bonds is 4. The van der Waals surface area contributed by atoms with Gasteiger partial charge in [0.15, 0.2) is 0 Å². The Kier molecular flexibility index (Phi) is 4.07. The van der Waals surface area contributed by atoms with Crippen LogP contribution in [0.5, 0.6) is 0 Å². The summed E-state index contributed by atoms with van der Waals surface area (Å²) < 4.78 is 32.2. The minimum Gasteiger partial charge on any atom is -0.380 e. The van der Waals surface area contributed by atoms with Gasteiger partial charge in [-0.3, -0.25) is 0 Å². The largest absolute Gasteiger partial charge is 0.380 e. The summed E-state index contributed by atoms with van der Waals surface area (Å²) in [6.07, 6.45) is 0.619. The number of likely N-dealkylation sites (tertiary alicyclic amines) is 1. The summed E-state index contributed by atoms with van der Waals surface area (Å²) in [7, 11) is -3.21. The van der Waals surface area contributed by atoms with Gasteiger partial charge in [0.05, 0.1) is 6.61 Å². The Hall–Kier alpha value is -0.170. The molecule has 2 aliphatic rings. The molecule has 0 spiro atoms. The number of hydrogen-bond donors (Lipinski definition) is 1. The molecule has 0 amide bonds. The van der Waals surface area contributed by atoms with E-state index < -0.39 is 10.0 Å². The average Bonchev–Trinajstić information content (AvgIpc) is 2.88. The van der Waals surface area contributed by atoms with Crippen molar-refractivity contribution in [1.82, 2.24) is 9.62 Å². The minimum absolute atomic E-state index is 0.0561. The molecule has 100 valence electrons. The van der Waals surface area contributed by atoms with Crippen LogP contribution in [-0.2, 0) is 14.8 Å². The molecule has 0 aromatic heterocycles. The highest BCUT2D eigenvalue weighted by atomic mass is 32.2. The molecule has 0 aromatic rings. The van der Waals surface area contributed by atoms with Gasteiger partial charge in [-0.25, -0.2) is 13.1 Å². The highest BCUT2D eigenvalue weighted by molar-refractivity contribution is 7.90. The lowest BCUT2D eigenvalue weighted by Gasteiger charge is -2.19. The van der Waals surface area contributed by atoms with E-state index in [1.807, 2.05) is 0 Å². The first-order valence-electron chi connectivity index (χ1n) is 6.34. The third-order valence-corrected chi connectivity index (χ3v) is 5.66. The fourth-order valence-electron chi connectivity index (χ4n) is 2.54. The van der Waals surface area contributed by atoms with Gasteiger partial charge in [0, 0.05) is 25.7 Å². The fraction of sp³-hybridized carbons (Fsp3) is 1.00. The first-order chi connectivity index (χ1) is 8.03. The molecule has 2 aliphatic heterocycles. The van der Waals surface area contributed by atoms with Gasteiger partial charge in [-0.2, -0.15) is 0 Å². The van der Waals surface area contributed by atoms with E-state index in [-0.39, 0.29) is 11.3 Å². The van der Waals surface area contributed by atoms with Crippen molar-refractivity contribution in [2.45, 2.75) is 31.6 Å². The van der Waals surface area contributed by atoms with E-state index in [9.17, 15) is 8.42 Å². The van der Waals surface area contributed by atoms with Crippen LogP contribution in [-0.4, -0.2) is 57.5 Å². The number of likely N-dealkylation sites (N-methyl/N-ethyl adjacent to an activating group) is 1. The predicted octanol–water partition coefficient (Wildman–Crippen LogP) is 0.0349. The van der Waals surface area contributed by atoms with Crippen LogP contribution in [0.3, 0.4) is 0 Å². The quantitative estimate of drug-likeness (QED) is 0.777. The van der Waals surface area contributed by atoms with Gasteiger partial charge in [0.2, 0.25) is 10.0 Å². The van der Waals surface area contributed by atoms with Crippen LogP contribution < -0.4 is 4.72 Å². The van der Waals surface area contributed by atoms with Crippen molar-refractivity contribution >= 4 is 10.0 Å². The molecule has 17 heavy (non-hydrogen) atoms. The summed E-state index contributed by atoms with van der Waals surface area (Å²) >= 11 is 0. The number of nitrogens with one attached hydrogen (secondary N) is 1. The van der Waals surface area contributed by atoms with Crippen LogP contribution in [0.2, 0.25) is 0 Å². The van der Waals surface area contributed by atoms with Crippen molar-refractivity contribution in [3.63, 3.8) is 0 Å². The maximum Gasteiger partial charge on any atom is 0.217 e. The lowest BCUT2D eigenvalue weighted by Crippen LogP contribution is -2.44. The second-order valence-electron chi connectivity index (χ2n) is 5.08. The smallest absolute Gasteiger partial charge is 0.217 e. The van der Waals surface area contributed by atoms with Crippen molar-refractivity contribution in [2.24, 2.45) is 5.92 Å². The summed E-state index contributed by atoms with van der Waals surface area (Å²) in [4.78, 5) is 2.28. The van der Waals surface area contributed by atoms with Crippen molar-refractivity contribution in [3.05, 3.63) is 0 Å². The maximum atomic E-state index is 12.1. The first kappa shape index (κ1) is 13.3. The zero-order chi connectivity index (χ0) is 12.5. The Labute approximate surface area is 104 Å². The van der Waals surface area contributed by atoms with Crippen LogP contribution in [0, 0.1) is 5.92 Å². The summed E-state index contributed by atoms with van der Waals surface area (Å²) in [5, 5.41) is -0.356. The van der Waals surface area contributed by atoms with Gasteiger partial charge in [-0.05, 0) is 18.9 Å². The molecule has 2 heterocycles. The molecule has 3 atom stereocenters. The van der Waals surface area contributed by atoms with Crippen LogP contribution >= 0.6 is 0 Å². The normalized spacial score (nSPS) is 35.5. The third kappa shape index (κ3) is 2.99. The van der Waals surface area contributed by atoms with Gasteiger partial charge >= 0.3 is 0 Å². The molecular weight excluding hydrogens is 240 g/mol. The average molecular weight is 262 g/mol. The zero-order valence-corrected chi connectivity index (χ0v) is 11.4. The van der Waals surface area contributed by atoms with Crippen LogP contribution in [0.25, 0.3) is 0 Å². The third-order valence-electron chi connectivity index (χ3n) is 3.78. The monoisotopic (exact) mass is 262 g/mol. The molecule has 0 bridgehead atoms. The standard InChI is InChI=1S/C11H22N2O3S/c1-3-13-6-9(2)11(7-13)12-17(14,15)10-4-5-16-8-10/h9-12H,3-8H2,1-2H3/t9-,10+,11-/m0/s1. The van der Waals surface area contributed by atoms with E-state index in [1.54, 1.807) is 0 Å². The zero-order valence-electron chi connectivity index (χ0n) is 10.6. The van der Waals surface area contributed by atoms with E-state index in [0.717, 1.165) is 19.6 Å². The Morgan fingerprint density at radius 1 is 1.41 bits per heavy atom. The first-order valence-corrected chi connectivity index (χ1v) is 7.88. The molecular formula is C11H22N2O3S. The second kappa shape index (κ2) is 5.22. The molecule has 1 N–H and O–H groups in total. The molecule has 0 aliphatic carbocycles. The second-order valence-corrected chi connectivity index (χ2v) is 7.08. The topological polar surface area (TPSA) is 58.6 Å². The Morgan fingerprint density at radius 3 is 2.71 bits per heavy atom. The molecule has 2 fully saturated rings. The molecule has 2 saturated heterocycles. The summed E-state index contributed by atoms with van der Waals surface area (Å²) in [5.74, 6) is 0.382. The van der Waals surface area contributed by atoms with Gasteiger partial charge in [0.25, 0.3) is 0 Å². The summed E-state index contributed by atoms with van der Waals surface area (Å²) in [6.45, 7) is 7.90. The van der Waals surface area contributed by atoms with Crippen molar-refractivity contribution in [3.8, 4) is 0 Å². The molecule has 6 heteroatoms. The summed E-state index contributed by atoms with van der Waals surface area (Å²) in [6, 6.07) is 0.0561. The Bertz CT molecular complexity index is 352. The SMILES string of the molecule is CCN1C[C@H](NS(=O)(=O)[C@@H]2CCOC2)[C@@H](C)C1. The molecule has 0 radical (unpaired) electrons. The molecule has 5 nitrogen and oxygen atoms in total. The highest BCUT2D eigenvalue weighted by Gasteiger charge is 2.36. The van der Waals surface area contributed by atoms with Gasteiger partial charge in [-0.1, -0.05) is 13.8 Å². The fourth-order valence-corrected chi connectivity index (χ4v) is 4.15. The minimum atomic E-state index is -3.21. The van der Waals surface area contributed by atoms with Crippen LogP contribution in [0.15, 0.2) is 0 Å². The van der Waals surface area contributed by atoms with Crippen molar-refractivity contribution in [1.29, 1.82) is 0 Å². The molecule has 2 rings (SSSR count). The number of nitrogens with zero attached hydrogens (tertiary/aromatic N) is 1. The molecule has 0 saturated carbocycles. The van der Waals surface area contributed by atoms with Gasteiger partial charge < -0.3 is 9.64 Å². The summed E-state index contributed by atoms with van der Waals surface area (Å²) in [5.41, 5.74) is 0. The van der Waals surface area contributed by atoms with Crippen LogP contribution in [0.4, 0.5) is 0 Å². The molecule has 0 aromatic carbocycles. The lowest BCUT2D eigenvalue weighted by atomic mass is 10.1. The van der Waals surface area contributed by atoms with E-state index in [2.05, 4.69) is 23.5 Å². The van der Waals surface area contributed by atoms with Crippen molar-refractivity contribution in [2.75, 3.05) is 32.8 Å². The number of ether oxygens (including phenoxy) is 1. The maximum absolute atomic E-state index is 12.1.